The number of aliphatic carboxylic acids is 1. The maximum Gasteiger partial charge on any atom is 0.407 e. The number of rotatable bonds is 8. The van der Waals surface area contributed by atoms with E-state index in [0.717, 1.165) is 22.3 Å². The van der Waals surface area contributed by atoms with Gasteiger partial charge in [-0.3, -0.25) is 9.59 Å². The van der Waals surface area contributed by atoms with Gasteiger partial charge in [-0.15, -0.1) is 0 Å². The van der Waals surface area contributed by atoms with E-state index >= 15 is 0 Å². The minimum Gasteiger partial charge on any atom is -0.481 e. The molecule has 0 radical (unpaired) electrons. The van der Waals surface area contributed by atoms with E-state index in [4.69, 9.17) is 9.47 Å². The van der Waals surface area contributed by atoms with Gasteiger partial charge in [0, 0.05) is 19.0 Å². The summed E-state index contributed by atoms with van der Waals surface area (Å²) >= 11 is 1.57. The average Bonchev–Trinajstić information content (AvgIpc) is 3.00. The van der Waals surface area contributed by atoms with Crippen molar-refractivity contribution in [3.63, 3.8) is 0 Å². The molecule has 1 heterocycles. The lowest BCUT2D eigenvalue weighted by molar-refractivity contribution is -0.144. The molecule has 1 saturated heterocycles. The lowest BCUT2D eigenvalue weighted by atomic mass is 9.98. The van der Waals surface area contributed by atoms with Crippen LogP contribution in [0.15, 0.2) is 48.5 Å². The van der Waals surface area contributed by atoms with Crippen molar-refractivity contribution < 1.29 is 29.0 Å². The highest BCUT2D eigenvalue weighted by Gasteiger charge is 2.33. The van der Waals surface area contributed by atoms with Crippen LogP contribution in [-0.2, 0) is 19.1 Å². The Morgan fingerprint density at radius 3 is 2.43 bits per heavy atom. The van der Waals surface area contributed by atoms with Crippen LogP contribution >= 0.6 is 11.8 Å². The molecule has 9 heteroatoms. The van der Waals surface area contributed by atoms with Gasteiger partial charge in [-0.05, 0) is 40.7 Å². The summed E-state index contributed by atoms with van der Waals surface area (Å²) < 4.78 is 11.0. The molecule has 2 aromatic carbocycles. The molecule has 1 aliphatic carbocycles. The van der Waals surface area contributed by atoms with Gasteiger partial charge in [0.15, 0.2) is 0 Å². The van der Waals surface area contributed by atoms with E-state index in [1.54, 1.807) is 11.8 Å². The molecule has 2 N–H and O–H groups in total. The van der Waals surface area contributed by atoms with Crippen molar-refractivity contribution in [1.29, 1.82) is 0 Å². The standard InChI is InChI=1S/C26H30N2O6S/c1-35-13-10-23(24(29)28-11-12-33-15-17(14-28)25(30)31)27-26(32)34-16-22-20-8-4-2-6-18(20)19-7-3-5-9-21(19)22/h2-9,17,22-23H,10-16H2,1H3,(H,27,32)(H,30,31). The number of fused-ring (bicyclic) bond motifs is 3. The first-order chi connectivity index (χ1) is 17.0. The fourth-order valence-electron chi connectivity index (χ4n) is 4.66. The van der Waals surface area contributed by atoms with Gasteiger partial charge < -0.3 is 24.8 Å². The molecule has 2 amide bonds. The van der Waals surface area contributed by atoms with Crippen LogP contribution in [0.5, 0.6) is 0 Å². The van der Waals surface area contributed by atoms with Crippen LogP contribution in [0, 0.1) is 5.92 Å². The van der Waals surface area contributed by atoms with Crippen LogP contribution in [0.1, 0.15) is 23.5 Å². The van der Waals surface area contributed by atoms with Gasteiger partial charge in [0.2, 0.25) is 5.91 Å². The Morgan fingerprint density at radius 2 is 1.80 bits per heavy atom. The van der Waals surface area contributed by atoms with E-state index in [0.29, 0.717) is 12.2 Å². The SMILES string of the molecule is CSCCC(NC(=O)OCC1c2ccccc2-c2ccccc21)C(=O)N1CCOCC(C(=O)O)C1. The number of carbonyl (C=O) groups is 3. The minimum atomic E-state index is -1.00. The number of benzene rings is 2. The van der Waals surface area contributed by atoms with E-state index in [1.165, 1.54) is 4.90 Å². The van der Waals surface area contributed by atoms with Gasteiger partial charge in [0.05, 0.1) is 19.1 Å². The van der Waals surface area contributed by atoms with Crippen molar-refractivity contribution in [3.8, 4) is 11.1 Å². The molecule has 0 bridgehead atoms. The van der Waals surface area contributed by atoms with Crippen molar-refractivity contribution in [3.05, 3.63) is 59.7 Å². The summed E-state index contributed by atoms with van der Waals surface area (Å²) in [6, 6.07) is 15.4. The molecule has 2 unspecified atom stereocenters. The number of hydrogen-bond acceptors (Lipinski definition) is 6. The molecular weight excluding hydrogens is 468 g/mol. The molecule has 1 fully saturated rings. The molecule has 4 rings (SSSR count). The predicted molar refractivity (Wildman–Crippen MR) is 134 cm³/mol. The molecule has 0 saturated carbocycles. The van der Waals surface area contributed by atoms with Crippen molar-refractivity contribution in [2.75, 3.05) is 44.9 Å². The van der Waals surface area contributed by atoms with Gasteiger partial charge in [-0.1, -0.05) is 48.5 Å². The quantitative estimate of drug-likeness (QED) is 0.576. The number of nitrogens with one attached hydrogen (secondary N) is 1. The van der Waals surface area contributed by atoms with Crippen LogP contribution in [0.4, 0.5) is 4.79 Å². The number of alkyl carbamates (subject to hydrolysis) is 1. The number of amides is 2. The average molecular weight is 499 g/mol. The molecule has 2 aliphatic rings. The van der Waals surface area contributed by atoms with E-state index in [-0.39, 0.29) is 44.7 Å². The van der Waals surface area contributed by atoms with Crippen LogP contribution in [0.3, 0.4) is 0 Å². The number of carboxylic acid groups (broad SMARTS) is 1. The Hall–Kier alpha value is -3.04. The molecule has 186 valence electrons. The summed E-state index contributed by atoms with van der Waals surface area (Å²) in [6.07, 6.45) is 1.68. The fourth-order valence-corrected chi connectivity index (χ4v) is 5.13. The second-order valence-corrected chi connectivity index (χ2v) is 9.68. The first-order valence-electron chi connectivity index (χ1n) is 11.7. The minimum absolute atomic E-state index is 0.0519. The molecule has 0 spiro atoms. The number of carboxylic acids is 1. The lowest BCUT2D eigenvalue weighted by Gasteiger charge is -2.27. The second-order valence-electron chi connectivity index (χ2n) is 8.70. The van der Waals surface area contributed by atoms with Crippen LogP contribution < -0.4 is 5.32 Å². The number of ether oxygens (including phenoxy) is 2. The third-order valence-corrected chi connectivity index (χ3v) is 7.11. The largest absolute Gasteiger partial charge is 0.481 e. The second kappa shape index (κ2) is 11.6. The van der Waals surface area contributed by atoms with Crippen molar-refractivity contribution in [1.82, 2.24) is 10.2 Å². The van der Waals surface area contributed by atoms with E-state index in [9.17, 15) is 19.5 Å². The summed E-state index contributed by atoms with van der Waals surface area (Å²) in [5.74, 6) is -1.53. The maximum absolute atomic E-state index is 13.2. The Kier molecular flexibility index (Phi) is 8.30. The zero-order valence-corrected chi connectivity index (χ0v) is 20.5. The van der Waals surface area contributed by atoms with Gasteiger partial charge in [-0.25, -0.2) is 4.79 Å². The predicted octanol–water partition coefficient (Wildman–Crippen LogP) is 3.21. The van der Waals surface area contributed by atoms with Crippen molar-refractivity contribution in [2.24, 2.45) is 5.92 Å². The molecule has 1 aliphatic heterocycles. The third kappa shape index (κ3) is 5.79. The van der Waals surface area contributed by atoms with Gasteiger partial charge in [0.1, 0.15) is 12.6 Å². The smallest absolute Gasteiger partial charge is 0.407 e. The molecule has 0 aromatic heterocycles. The van der Waals surface area contributed by atoms with E-state index < -0.39 is 24.0 Å². The third-order valence-electron chi connectivity index (χ3n) is 6.47. The summed E-state index contributed by atoms with van der Waals surface area (Å²) in [4.78, 5) is 39.0. The van der Waals surface area contributed by atoms with Crippen LogP contribution in [0.25, 0.3) is 11.1 Å². The molecule has 2 atom stereocenters. The highest BCUT2D eigenvalue weighted by Crippen LogP contribution is 2.44. The summed E-state index contributed by atoms with van der Waals surface area (Å²) in [7, 11) is 0. The first kappa shape index (κ1) is 25.1. The highest BCUT2D eigenvalue weighted by molar-refractivity contribution is 7.98. The monoisotopic (exact) mass is 498 g/mol. The highest BCUT2D eigenvalue weighted by atomic mass is 32.2. The lowest BCUT2D eigenvalue weighted by Crippen LogP contribution is -2.51. The Labute approximate surface area is 209 Å². The maximum atomic E-state index is 13.2. The van der Waals surface area contributed by atoms with E-state index in [1.807, 2.05) is 42.7 Å². The number of hydrogen-bond donors (Lipinski definition) is 2. The Bertz CT molecular complexity index is 1030. The Balaban J connectivity index is 1.42. The topological polar surface area (TPSA) is 105 Å². The summed E-state index contributed by atoms with van der Waals surface area (Å²) in [5.41, 5.74) is 4.50. The normalized spacial score (nSPS) is 18.2. The number of carbonyl (C=O) groups excluding carboxylic acids is 2. The van der Waals surface area contributed by atoms with Crippen LogP contribution in [0.2, 0.25) is 0 Å². The molecular formula is C26H30N2O6S. The number of nitrogens with zero attached hydrogens (tertiary/aromatic N) is 1. The Morgan fingerprint density at radius 1 is 1.14 bits per heavy atom. The summed E-state index contributed by atoms with van der Waals surface area (Å²) in [6.45, 7) is 0.813. The zero-order valence-electron chi connectivity index (χ0n) is 19.6. The molecule has 35 heavy (non-hydrogen) atoms. The van der Waals surface area contributed by atoms with Gasteiger partial charge in [-0.2, -0.15) is 11.8 Å². The summed E-state index contributed by atoms with van der Waals surface area (Å²) in [5, 5.41) is 12.1. The fraction of sp³-hybridized carbons (Fsp3) is 0.423. The van der Waals surface area contributed by atoms with Gasteiger partial charge in [0.25, 0.3) is 0 Å². The molecule has 2 aromatic rings. The van der Waals surface area contributed by atoms with E-state index in [2.05, 4.69) is 17.4 Å². The number of thioether (sulfide) groups is 1. The van der Waals surface area contributed by atoms with Crippen molar-refractivity contribution >= 4 is 29.7 Å². The van der Waals surface area contributed by atoms with Crippen molar-refractivity contribution in [2.45, 2.75) is 18.4 Å². The zero-order chi connectivity index (χ0) is 24.8. The molecule has 8 nitrogen and oxygen atoms in total. The first-order valence-corrected chi connectivity index (χ1v) is 13.1. The van der Waals surface area contributed by atoms with Gasteiger partial charge >= 0.3 is 12.1 Å². The van der Waals surface area contributed by atoms with Crippen LogP contribution in [-0.4, -0.2) is 78.9 Å².